The lowest BCUT2D eigenvalue weighted by Crippen LogP contribution is -2.42. The van der Waals surface area contributed by atoms with Crippen LogP contribution in [0.4, 0.5) is 0 Å². The number of amides is 1. The molecule has 1 amide bonds. The number of nitrogens with one attached hydrogen (secondary N) is 3. The van der Waals surface area contributed by atoms with Crippen LogP contribution in [0.25, 0.3) is 11.3 Å². The fourth-order valence-corrected chi connectivity index (χ4v) is 3.88. The lowest BCUT2D eigenvalue weighted by Gasteiger charge is -2.11. The van der Waals surface area contributed by atoms with E-state index in [0.717, 1.165) is 21.8 Å². The third-order valence-corrected chi connectivity index (χ3v) is 5.42. The number of benzene rings is 2. The SMILES string of the molecule is O=C(NCc1nc(-c2ccccc2)cs1)C1CC(c2ccccc2O)NN1. The molecule has 1 aromatic heterocycles. The molecule has 1 saturated heterocycles. The molecule has 1 fully saturated rings. The van der Waals surface area contributed by atoms with Crippen molar-refractivity contribution in [1.82, 2.24) is 21.2 Å². The molecule has 2 unspecified atom stereocenters. The van der Waals surface area contributed by atoms with Crippen LogP contribution in [0.3, 0.4) is 0 Å². The lowest BCUT2D eigenvalue weighted by molar-refractivity contribution is -0.123. The average molecular weight is 380 g/mol. The largest absolute Gasteiger partial charge is 0.508 e. The summed E-state index contributed by atoms with van der Waals surface area (Å²) in [6, 6.07) is 16.7. The van der Waals surface area contributed by atoms with Gasteiger partial charge in [0.2, 0.25) is 5.91 Å². The summed E-state index contributed by atoms with van der Waals surface area (Å²) in [4.78, 5) is 17.0. The van der Waals surface area contributed by atoms with Crippen LogP contribution in [0.15, 0.2) is 60.0 Å². The maximum absolute atomic E-state index is 12.5. The summed E-state index contributed by atoms with van der Waals surface area (Å²) in [5, 5.41) is 15.8. The Morgan fingerprint density at radius 2 is 1.93 bits per heavy atom. The van der Waals surface area contributed by atoms with Gasteiger partial charge in [-0.1, -0.05) is 48.5 Å². The second-order valence-corrected chi connectivity index (χ2v) is 7.34. The van der Waals surface area contributed by atoms with Gasteiger partial charge in [0.1, 0.15) is 16.8 Å². The Morgan fingerprint density at radius 3 is 2.74 bits per heavy atom. The fourth-order valence-electron chi connectivity index (χ4n) is 3.13. The van der Waals surface area contributed by atoms with Gasteiger partial charge in [0, 0.05) is 16.5 Å². The van der Waals surface area contributed by atoms with Gasteiger partial charge < -0.3 is 10.4 Å². The highest BCUT2D eigenvalue weighted by Gasteiger charge is 2.31. The van der Waals surface area contributed by atoms with Crippen LogP contribution in [0.5, 0.6) is 5.75 Å². The Hall–Kier alpha value is -2.74. The molecule has 4 N–H and O–H groups in total. The first kappa shape index (κ1) is 17.7. The molecule has 2 aromatic carbocycles. The van der Waals surface area contributed by atoms with Crippen molar-refractivity contribution in [2.75, 3.05) is 0 Å². The minimum absolute atomic E-state index is 0.0862. The maximum atomic E-state index is 12.5. The van der Waals surface area contributed by atoms with Crippen molar-refractivity contribution in [2.24, 2.45) is 0 Å². The minimum Gasteiger partial charge on any atom is -0.508 e. The molecule has 1 aliphatic rings. The summed E-state index contributed by atoms with van der Waals surface area (Å²) in [6.07, 6.45) is 0.566. The molecule has 0 saturated carbocycles. The number of aromatic hydroxyl groups is 1. The van der Waals surface area contributed by atoms with E-state index in [2.05, 4.69) is 21.2 Å². The van der Waals surface area contributed by atoms with Crippen LogP contribution in [-0.2, 0) is 11.3 Å². The van der Waals surface area contributed by atoms with E-state index in [9.17, 15) is 9.90 Å². The molecule has 4 rings (SSSR count). The number of hydrazine groups is 1. The van der Waals surface area contributed by atoms with Crippen LogP contribution in [0.1, 0.15) is 23.0 Å². The van der Waals surface area contributed by atoms with Crippen LogP contribution in [0, 0.1) is 0 Å². The Labute approximate surface area is 161 Å². The van der Waals surface area contributed by atoms with Crippen molar-refractivity contribution >= 4 is 17.2 Å². The van der Waals surface area contributed by atoms with Crippen LogP contribution in [0.2, 0.25) is 0 Å². The zero-order valence-corrected chi connectivity index (χ0v) is 15.4. The normalized spacial score (nSPS) is 19.1. The van der Waals surface area contributed by atoms with Crippen molar-refractivity contribution in [3.05, 3.63) is 70.5 Å². The number of phenolic OH excluding ortho intramolecular Hbond substituents is 1. The number of hydrogen-bond acceptors (Lipinski definition) is 6. The molecular formula is C20H20N4O2S. The molecule has 0 bridgehead atoms. The quantitative estimate of drug-likeness (QED) is 0.547. The number of carbonyl (C=O) groups excluding carboxylic acids is 1. The van der Waals surface area contributed by atoms with E-state index in [1.165, 1.54) is 11.3 Å². The van der Waals surface area contributed by atoms with Crippen molar-refractivity contribution in [2.45, 2.75) is 25.0 Å². The zero-order valence-electron chi connectivity index (χ0n) is 14.6. The number of aromatic nitrogens is 1. The molecule has 0 aliphatic carbocycles. The summed E-state index contributed by atoms with van der Waals surface area (Å²) >= 11 is 1.53. The van der Waals surface area contributed by atoms with Gasteiger partial charge >= 0.3 is 0 Å². The third-order valence-electron chi connectivity index (χ3n) is 4.57. The second-order valence-electron chi connectivity index (χ2n) is 6.40. The molecule has 6 nitrogen and oxygen atoms in total. The molecule has 7 heteroatoms. The second kappa shape index (κ2) is 7.87. The van der Waals surface area contributed by atoms with Gasteiger partial charge in [-0.05, 0) is 12.5 Å². The molecule has 0 radical (unpaired) electrons. The number of hydrogen-bond donors (Lipinski definition) is 4. The Bertz CT molecular complexity index is 928. The van der Waals surface area contributed by atoms with E-state index in [0.29, 0.717) is 13.0 Å². The van der Waals surface area contributed by atoms with Gasteiger partial charge in [-0.25, -0.2) is 15.8 Å². The van der Waals surface area contributed by atoms with Crippen molar-refractivity contribution in [1.29, 1.82) is 0 Å². The first-order valence-corrected chi connectivity index (χ1v) is 9.65. The van der Waals surface area contributed by atoms with Crippen LogP contribution >= 0.6 is 11.3 Å². The predicted octanol–water partition coefficient (Wildman–Crippen LogP) is 2.74. The number of phenols is 1. The number of thiazole rings is 1. The molecule has 1 aliphatic heterocycles. The molecule has 138 valence electrons. The molecular weight excluding hydrogens is 360 g/mol. The topological polar surface area (TPSA) is 86.3 Å². The summed E-state index contributed by atoms with van der Waals surface area (Å²) in [6.45, 7) is 0.399. The van der Waals surface area contributed by atoms with Gasteiger partial charge in [-0.2, -0.15) is 0 Å². The van der Waals surface area contributed by atoms with Gasteiger partial charge in [-0.3, -0.25) is 4.79 Å². The van der Waals surface area contributed by atoms with Crippen molar-refractivity contribution in [3.8, 4) is 17.0 Å². The molecule has 27 heavy (non-hydrogen) atoms. The maximum Gasteiger partial charge on any atom is 0.238 e. The number of rotatable bonds is 5. The molecule has 2 atom stereocenters. The standard InChI is InChI=1S/C20H20N4O2S/c25-18-9-5-4-8-14(18)15-10-16(24-23-15)20(26)21-11-19-22-17(12-27-19)13-6-2-1-3-7-13/h1-9,12,15-16,23-25H,10-11H2,(H,21,26). The van der Waals surface area contributed by atoms with Crippen molar-refractivity contribution in [3.63, 3.8) is 0 Å². The summed E-state index contributed by atoms with van der Waals surface area (Å²) in [7, 11) is 0. The summed E-state index contributed by atoms with van der Waals surface area (Å²) < 4.78 is 0. The van der Waals surface area contributed by atoms with E-state index < -0.39 is 0 Å². The number of nitrogens with zero attached hydrogens (tertiary/aromatic N) is 1. The van der Waals surface area contributed by atoms with E-state index in [-0.39, 0.29) is 23.7 Å². The molecule has 3 aromatic rings. The minimum atomic E-state index is -0.358. The van der Waals surface area contributed by atoms with E-state index in [4.69, 9.17) is 0 Å². The number of carbonyl (C=O) groups is 1. The zero-order chi connectivity index (χ0) is 18.6. The number of para-hydroxylation sites is 1. The van der Waals surface area contributed by atoms with Crippen molar-refractivity contribution < 1.29 is 9.90 Å². The lowest BCUT2D eigenvalue weighted by atomic mass is 10.0. The summed E-state index contributed by atoms with van der Waals surface area (Å²) in [5.41, 5.74) is 8.87. The highest BCUT2D eigenvalue weighted by molar-refractivity contribution is 7.09. The highest BCUT2D eigenvalue weighted by Crippen LogP contribution is 2.29. The smallest absolute Gasteiger partial charge is 0.238 e. The molecule has 2 heterocycles. The Balaban J connectivity index is 1.33. The Morgan fingerprint density at radius 1 is 1.15 bits per heavy atom. The van der Waals surface area contributed by atoms with E-state index in [1.807, 2.05) is 47.8 Å². The third kappa shape index (κ3) is 4.00. The first-order valence-electron chi connectivity index (χ1n) is 8.77. The molecule has 0 spiro atoms. The first-order chi connectivity index (χ1) is 13.2. The van der Waals surface area contributed by atoms with E-state index >= 15 is 0 Å². The highest BCUT2D eigenvalue weighted by atomic mass is 32.1. The van der Waals surface area contributed by atoms with Crippen LogP contribution < -0.4 is 16.2 Å². The van der Waals surface area contributed by atoms with Gasteiger partial charge in [0.25, 0.3) is 0 Å². The fraction of sp³-hybridized carbons (Fsp3) is 0.200. The predicted molar refractivity (Wildman–Crippen MR) is 105 cm³/mol. The van der Waals surface area contributed by atoms with Gasteiger partial charge in [0.05, 0.1) is 18.3 Å². The van der Waals surface area contributed by atoms with Gasteiger partial charge in [-0.15, -0.1) is 11.3 Å². The monoisotopic (exact) mass is 380 g/mol. The van der Waals surface area contributed by atoms with Crippen LogP contribution in [-0.4, -0.2) is 22.0 Å². The van der Waals surface area contributed by atoms with E-state index in [1.54, 1.807) is 12.1 Å². The Kier molecular flexibility index (Phi) is 5.15. The van der Waals surface area contributed by atoms with Gasteiger partial charge in [0.15, 0.2) is 0 Å². The average Bonchev–Trinajstić information content (AvgIpc) is 3.37. The summed E-state index contributed by atoms with van der Waals surface area (Å²) in [5.74, 6) is 0.144.